The number of carbonyl (C=O) groups excluding carboxylic acids is 1. The smallest absolute Gasteiger partial charge is 0.233 e. The zero-order chi connectivity index (χ0) is 19.3. The maximum Gasteiger partial charge on any atom is 0.233 e. The van der Waals surface area contributed by atoms with Crippen molar-refractivity contribution >= 4 is 35.0 Å². The minimum Gasteiger partial charge on any atom is -0.490 e. The quantitative estimate of drug-likeness (QED) is 0.703. The van der Waals surface area contributed by atoms with Crippen LogP contribution in [0.15, 0.2) is 47.4 Å². The van der Waals surface area contributed by atoms with Gasteiger partial charge in [0.2, 0.25) is 5.91 Å². The van der Waals surface area contributed by atoms with Crippen LogP contribution in [0.2, 0.25) is 5.02 Å². The number of carbonyl (C=O) groups is 1. The summed E-state index contributed by atoms with van der Waals surface area (Å²) < 4.78 is 11.4. The second kappa shape index (κ2) is 8.97. The molecule has 5 nitrogen and oxygen atoms in total. The first-order valence-electron chi connectivity index (χ1n) is 9.50. The molecule has 0 atom stereocenters. The summed E-state index contributed by atoms with van der Waals surface area (Å²) in [4.78, 5) is 17.9. The van der Waals surface area contributed by atoms with Gasteiger partial charge < -0.3 is 19.3 Å². The van der Waals surface area contributed by atoms with Crippen molar-refractivity contribution in [2.75, 3.05) is 50.0 Å². The second-order valence-electron chi connectivity index (χ2n) is 6.80. The van der Waals surface area contributed by atoms with E-state index in [9.17, 15) is 4.79 Å². The number of halogens is 1. The van der Waals surface area contributed by atoms with Gasteiger partial charge in [0.25, 0.3) is 0 Å². The van der Waals surface area contributed by atoms with E-state index in [0.717, 1.165) is 59.7 Å². The summed E-state index contributed by atoms with van der Waals surface area (Å²) in [6.45, 7) is 4.44. The van der Waals surface area contributed by atoms with Gasteiger partial charge in [-0.15, -0.1) is 11.8 Å². The monoisotopic (exact) mass is 418 g/mol. The number of hydrogen-bond donors (Lipinski definition) is 0. The van der Waals surface area contributed by atoms with E-state index in [1.165, 1.54) is 0 Å². The van der Waals surface area contributed by atoms with Crippen molar-refractivity contribution in [2.24, 2.45) is 0 Å². The van der Waals surface area contributed by atoms with E-state index in [-0.39, 0.29) is 5.91 Å². The van der Waals surface area contributed by atoms with Gasteiger partial charge >= 0.3 is 0 Å². The van der Waals surface area contributed by atoms with E-state index in [2.05, 4.69) is 11.0 Å². The molecular formula is C21H23ClN2O3S. The van der Waals surface area contributed by atoms with E-state index in [1.54, 1.807) is 11.8 Å². The highest BCUT2D eigenvalue weighted by Crippen LogP contribution is 2.34. The molecule has 2 aliphatic heterocycles. The predicted octanol–water partition coefficient (Wildman–Crippen LogP) is 3.94. The molecule has 0 spiro atoms. The Morgan fingerprint density at radius 3 is 2.57 bits per heavy atom. The van der Waals surface area contributed by atoms with Gasteiger partial charge in [0, 0.05) is 48.2 Å². The molecule has 0 saturated carbocycles. The lowest BCUT2D eigenvalue weighted by molar-refractivity contribution is -0.128. The van der Waals surface area contributed by atoms with Gasteiger partial charge in [0.1, 0.15) is 0 Å². The number of anilines is 1. The summed E-state index contributed by atoms with van der Waals surface area (Å²) in [5.41, 5.74) is 1.11. The van der Waals surface area contributed by atoms with Gasteiger partial charge in [-0.3, -0.25) is 4.79 Å². The van der Waals surface area contributed by atoms with E-state index in [0.29, 0.717) is 19.0 Å². The maximum atomic E-state index is 12.6. The minimum absolute atomic E-state index is 0.169. The molecule has 28 heavy (non-hydrogen) atoms. The molecule has 0 unspecified atom stereocenters. The van der Waals surface area contributed by atoms with Gasteiger partial charge in [-0.05, 0) is 36.4 Å². The number of nitrogens with zero attached hydrogens (tertiary/aromatic N) is 2. The van der Waals surface area contributed by atoms with E-state index < -0.39 is 0 Å². The molecule has 2 aromatic rings. The molecule has 4 rings (SSSR count). The van der Waals surface area contributed by atoms with Crippen LogP contribution in [-0.4, -0.2) is 56.0 Å². The molecule has 7 heteroatoms. The average molecular weight is 419 g/mol. The Bertz CT molecular complexity index is 840. The van der Waals surface area contributed by atoms with Crippen LogP contribution in [0.4, 0.5) is 5.69 Å². The third-order valence-corrected chi connectivity index (χ3v) is 6.10. The van der Waals surface area contributed by atoms with Gasteiger partial charge in [-0.2, -0.15) is 0 Å². The number of hydrogen-bond acceptors (Lipinski definition) is 5. The van der Waals surface area contributed by atoms with Crippen LogP contribution in [-0.2, 0) is 4.79 Å². The molecular weight excluding hydrogens is 396 g/mol. The highest BCUT2D eigenvalue weighted by Gasteiger charge is 2.21. The van der Waals surface area contributed by atoms with Crippen LogP contribution in [0.3, 0.4) is 0 Å². The van der Waals surface area contributed by atoms with E-state index in [4.69, 9.17) is 21.1 Å². The first-order chi connectivity index (χ1) is 13.7. The Morgan fingerprint density at radius 2 is 1.79 bits per heavy atom. The first-order valence-corrected chi connectivity index (χ1v) is 10.9. The Kier molecular flexibility index (Phi) is 6.17. The summed E-state index contributed by atoms with van der Waals surface area (Å²) in [6.07, 6.45) is 0.886. The molecule has 1 saturated heterocycles. The fraction of sp³-hybridized carbons (Fsp3) is 0.381. The zero-order valence-electron chi connectivity index (χ0n) is 15.6. The molecule has 1 fully saturated rings. The lowest BCUT2D eigenvalue weighted by atomic mass is 10.2. The van der Waals surface area contributed by atoms with Gasteiger partial charge in [-0.25, -0.2) is 0 Å². The number of thioether (sulfide) groups is 1. The SMILES string of the molecule is O=C(CSc1ccc2c(c1)OCCCO2)N1CCN(c2cccc(Cl)c2)CC1. The Balaban J connectivity index is 1.29. The molecule has 2 aromatic carbocycles. The highest BCUT2D eigenvalue weighted by molar-refractivity contribution is 8.00. The number of ether oxygens (including phenoxy) is 2. The topological polar surface area (TPSA) is 42.0 Å². The number of rotatable bonds is 4. The maximum absolute atomic E-state index is 12.6. The average Bonchev–Trinajstić information content (AvgIpc) is 2.97. The molecule has 1 amide bonds. The Labute approximate surface area is 174 Å². The normalized spacial score (nSPS) is 16.6. The number of piperazine rings is 1. The largest absolute Gasteiger partial charge is 0.490 e. The number of benzene rings is 2. The van der Waals surface area contributed by atoms with Crippen molar-refractivity contribution in [1.82, 2.24) is 4.90 Å². The van der Waals surface area contributed by atoms with Crippen molar-refractivity contribution < 1.29 is 14.3 Å². The number of amides is 1. The highest BCUT2D eigenvalue weighted by atomic mass is 35.5. The summed E-state index contributed by atoms with van der Waals surface area (Å²) >= 11 is 7.63. The number of fused-ring (bicyclic) bond motifs is 1. The van der Waals surface area contributed by atoms with Gasteiger partial charge in [-0.1, -0.05) is 17.7 Å². The fourth-order valence-corrected chi connectivity index (χ4v) is 4.37. The Morgan fingerprint density at radius 1 is 1.00 bits per heavy atom. The van der Waals surface area contributed by atoms with Crippen LogP contribution >= 0.6 is 23.4 Å². The van der Waals surface area contributed by atoms with Gasteiger partial charge in [0.05, 0.1) is 19.0 Å². The third-order valence-electron chi connectivity index (χ3n) is 4.89. The molecule has 0 bridgehead atoms. The molecule has 0 radical (unpaired) electrons. The second-order valence-corrected chi connectivity index (χ2v) is 8.28. The molecule has 148 valence electrons. The molecule has 0 N–H and O–H groups in total. The van der Waals surface area contributed by atoms with Crippen molar-refractivity contribution in [3.05, 3.63) is 47.5 Å². The van der Waals surface area contributed by atoms with Gasteiger partial charge in [0.15, 0.2) is 11.5 Å². The fourth-order valence-electron chi connectivity index (χ4n) is 3.36. The van der Waals surface area contributed by atoms with E-state index in [1.807, 2.05) is 41.3 Å². The van der Waals surface area contributed by atoms with Crippen molar-refractivity contribution in [3.8, 4) is 11.5 Å². The summed E-state index contributed by atoms with van der Waals surface area (Å²) in [5.74, 6) is 2.15. The van der Waals surface area contributed by atoms with Crippen molar-refractivity contribution in [3.63, 3.8) is 0 Å². The van der Waals surface area contributed by atoms with Crippen LogP contribution in [0.5, 0.6) is 11.5 Å². The van der Waals surface area contributed by atoms with Crippen molar-refractivity contribution in [2.45, 2.75) is 11.3 Å². The minimum atomic E-state index is 0.169. The lowest BCUT2D eigenvalue weighted by Crippen LogP contribution is -2.49. The first kappa shape index (κ1) is 19.3. The van der Waals surface area contributed by atoms with Crippen LogP contribution in [0, 0.1) is 0 Å². The standard InChI is InChI=1S/C21H23ClN2O3S/c22-16-3-1-4-17(13-16)23-7-9-24(10-8-23)21(25)15-28-18-5-6-19-20(14-18)27-12-2-11-26-19/h1,3-6,13-14H,2,7-12,15H2. The van der Waals surface area contributed by atoms with E-state index >= 15 is 0 Å². The lowest BCUT2D eigenvalue weighted by Gasteiger charge is -2.36. The van der Waals surface area contributed by atoms with Crippen LogP contribution < -0.4 is 14.4 Å². The third kappa shape index (κ3) is 4.67. The zero-order valence-corrected chi connectivity index (χ0v) is 17.2. The summed E-state index contributed by atoms with van der Waals surface area (Å²) in [6, 6.07) is 13.8. The molecule has 2 aliphatic rings. The summed E-state index contributed by atoms with van der Waals surface area (Å²) in [7, 11) is 0. The Hall–Kier alpha value is -2.05. The summed E-state index contributed by atoms with van der Waals surface area (Å²) in [5, 5.41) is 0.738. The van der Waals surface area contributed by atoms with Crippen LogP contribution in [0.1, 0.15) is 6.42 Å². The van der Waals surface area contributed by atoms with Crippen LogP contribution in [0.25, 0.3) is 0 Å². The molecule has 2 heterocycles. The molecule has 0 aliphatic carbocycles. The molecule has 0 aromatic heterocycles. The predicted molar refractivity (Wildman–Crippen MR) is 113 cm³/mol. The van der Waals surface area contributed by atoms with Crippen molar-refractivity contribution in [1.29, 1.82) is 0 Å².